The van der Waals surface area contributed by atoms with Gasteiger partial charge in [0.05, 0.1) is 19.3 Å². The third kappa shape index (κ3) is 55.8. The topological polar surface area (TPSA) is 647 Å². The van der Waals surface area contributed by atoms with Crippen molar-refractivity contribution < 1.29 is 125 Å². The number of hydrogen-bond acceptors (Lipinski definition) is 26. The van der Waals surface area contributed by atoms with E-state index in [1.54, 1.807) is 27.7 Å². The molecule has 145 heavy (non-hydrogen) atoms. The molecule has 7 aliphatic heterocycles. The summed E-state index contributed by atoms with van der Waals surface area (Å²) < 4.78 is 0. The Morgan fingerprint density at radius 1 is 0.283 bits per heavy atom. The number of imide groups is 3. The van der Waals surface area contributed by atoms with Gasteiger partial charge >= 0.3 is 17.9 Å². The van der Waals surface area contributed by atoms with E-state index in [0.29, 0.717) is 75.0 Å². The van der Waals surface area contributed by atoms with Crippen LogP contribution in [0.25, 0.3) is 0 Å². The van der Waals surface area contributed by atoms with Crippen molar-refractivity contribution in [1.82, 2.24) is 61.4 Å². The molecule has 8 atom stereocenters. The van der Waals surface area contributed by atoms with E-state index in [0.717, 1.165) is 0 Å². The summed E-state index contributed by atoms with van der Waals surface area (Å²) in [5.74, 6) is -10.9. The van der Waals surface area contributed by atoms with Crippen LogP contribution in [0.2, 0.25) is 0 Å². The first-order valence-electron chi connectivity index (χ1n) is 53.5. The number of carboxylic acids is 1. The van der Waals surface area contributed by atoms with Gasteiger partial charge in [0.25, 0.3) is 35.4 Å². The van der Waals surface area contributed by atoms with Gasteiger partial charge in [0.15, 0.2) is 0 Å². The van der Waals surface area contributed by atoms with Gasteiger partial charge in [0.1, 0.15) is 24.2 Å². The average molecular weight is 2060 g/mol. The van der Waals surface area contributed by atoms with Crippen molar-refractivity contribution >= 4 is 130 Å². The quantitative estimate of drug-likeness (QED) is 0.0213. The zero-order valence-corrected chi connectivity index (χ0v) is 87.5. The molecule has 17 N–H and O–H groups in total. The lowest BCUT2D eigenvalue weighted by molar-refractivity contribution is -0.197. The molecular formula is C102H175N17O26. The molecule has 7 heterocycles. The first kappa shape index (κ1) is 130. The Labute approximate surface area is 856 Å². The van der Waals surface area contributed by atoms with Crippen LogP contribution >= 0.6 is 0 Å². The number of nitrogens with zero attached hydrogens (tertiary/aromatic N) is 7. The maximum Gasteiger partial charge on any atom is 0.333 e. The van der Waals surface area contributed by atoms with Crippen LogP contribution in [-0.2, 0) is 115 Å². The number of hydroxylamine groups is 6. The Kier molecular flexibility index (Phi) is 69.3. The van der Waals surface area contributed by atoms with Crippen molar-refractivity contribution in [3.05, 3.63) is 0 Å². The highest BCUT2D eigenvalue weighted by atomic mass is 16.7. The van der Waals surface area contributed by atoms with Crippen LogP contribution < -0.4 is 55.3 Å². The molecule has 7 saturated heterocycles. The lowest BCUT2D eigenvalue weighted by Gasteiger charge is -2.24. The van der Waals surface area contributed by atoms with Gasteiger partial charge < -0.3 is 89.6 Å². The molecule has 0 spiro atoms. The first-order valence-corrected chi connectivity index (χ1v) is 53.5. The monoisotopic (exact) mass is 2050 g/mol. The molecule has 9 fully saturated rings. The van der Waals surface area contributed by atoms with Crippen molar-refractivity contribution in [2.24, 2.45) is 52.3 Å². The molecule has 824 valence electrons. The van der Waals surface area contributed by atoms with E-state index in [2.05, 4.69) is 42.0 Å². The summed E-state index contributed by atoms with van der Waals surface area (Å²) in [7, 11) is 3.02. The zero-order chi connectivity index (χ0) is 108. The number of aliphatic carboxylic acids is 1. The second-order valence-corrected chi connectivity index (χ2v) is 38.5. The number of nitrogens with two attached hydrogens (primary N) is 5. The fraction of sp³-hybridized carbons (Fsp3) is 0.784. The van der Waals surface area contributed by atoms with Gasteiger partial charge in [-0.2, -0.15) is 5.06 Å². The van der Waals surface area contributed by atoms with Gasteiger partial charge in [-0.05, 0) is 32.7 Å². The smallest absolute Gasteiger partial charge is 0.333 e. The highest BCUT2D eigenvalue weighted by Gasteiger charge is 2.42. The summed E-state index contributed by atoms with van der Waals surface area (Å²) in [4.78, 5) is 266. The molecule has 4 unspecified atom stereocenters. The van der Waals surface area contributed by atoms with Crippen molar-refractivity contribution in [2.45, 2.75) is 424 Å². The third-order valence-corrected chi connectivity index (χ3v) is 26.6. The minimum atomic E-state index is -1.03. The molecule has 43 heteroatoms. The molecule has 0 radical (unpaired) electrons. The van der Waals surface area contributed by atoms with Crippen LogP contribution in [0, 0.1) is 23.7 Å². The van der Waals surface area contributed by atoms with Crippen LogP contribution in [0.15, 0.2) is 0 Å². The minimum absolute atomic E-state index is 0.00162. The summed E-state index contributed by atoms with van der Waals surface area (Å²) in [5.41, 5.74) is 25.7. The van der Waals surface area contributed by atoms with E-state index in [9.17, 15) is 105 Å². The molecule has 43 nitrogen and oxygen atoms in total. The Morgan fingerprint density at radius 3 is 0.614 bits per heavy atom. The molecule has 0 aromatic heterocycles. The summed E-state index contributed by atoms with van der Waals surface area (Å²) in [6.45, 7) is 9.61. The fourth-order valence-electron chi connectivity index (χ4n) is 18.2. The molecule has 9 rings (SSSR count). The summed E-state index contributed by atoms with van der Waals surface area (Å²) >= 11 is 0. The number of rotatable bonds is 34. The highest BCUT2D eigenvalue weighted by molar-refractivity contribution is 6.03. The maximum atomic E-state index is 12.1. The van der Waals surface area contributed by atoms with E-state index in [4.69, 9.17) is 33.2 Å². The van der Waals surface area contributed by atoms with E-state index in [1.807, 2.05) is 0 Å². The van der Waals surface area contributed by atoms with Crippen LogP contribution in [0.1, 0.15) is 400 Å². The van der Waals surface area contributed by atoms with E-state index in [-0.39, 0.29) is 199 Å². The lowest BCUT2D eigenvalue weighted by atomic mass is 10.0. The Morgan fingerprint density at radius 2 is 0.455 bits per heavy atom. The first-order chi connectivity index (χ1) is 69.4. The van der Waals surface area contributed by atoms with Gasteiger partial charge in [-0.25, -0.2) is 9.59 Å². The van der Waals surface area contributed by atoms with E-state index < -0.39 is 113 Å². The zero-order valence-electron chi connectivity index (χ0n) is 87.5. The van der Waals surface area contributed by atoms with E-state index in [1.165, 1.54) is 265 Å². The molecule has 2 aliphatic carbocycles. The largest absolute Gasteiger partial charge is 0.481 e. The second-order valence-electron chi connectivity index (χ2n) is 38.5. The summed E-state index contributed by atoms with van der Waals surface area (Å²) in [5, 5.41) is 30.9. The number of amides is 19. The van der Waals surface area contributed by atoms with Gasteiger partial charge in [-0.1, -0.05) is 259 Å². The Hall–Kier alpha value is -11.1. The molecule has 19 amide bonds. The number of hydrogen-bond donors (Lipinski definition) is 12. The number of likely N-dealkylation sites (tertiary alicyclic amines) is 4. The molecule has 9 aliphatic rings. The number of carbonyl (C=O) groups is 22. The van der Waals surface area contributed by atoms with Crippen molar-refractivity contribution in [1.29, 1.82) is 0 Å². The van der Waals surface area contributed by atoms with Crippen LogP contribution in [0.4, 0.5) is 0 Å². The Bertz CT molecular complexity index is 3710. The predicted molar refractivity (Wildman–Crippen MR) is 537 cm³/mol. The summed E-state index contributed by atoms with van der Waals surface area (Å²) in [6, 6.07) is -2.50. The van der Waals surface area contributed by atoms with Crippen molar-refractivity contribution in [2.75, 3.05) is 66.5 Å². The molecule has 2 saturated carbocycles. The molecule has 0 aromatic rings. The number of carboxylic acid groups (broad SMARTS) is 1. The number of nitrogens with one attached hydrogen (secondary N) is 5. The SMILES string of the molecule is C1CCCCCCCCCCCCCCCCC1.C1CCCCCCCCCCCCCCCCC1.CC[C@H](C(N)=O)N1CC(CNC(=O)CCC(=O)NC)CC1=O.CC[C@H](C(N)=O)N1CC(CNC(=O)CCC(=O)O)CC1=O.CC[C@H](C(N)=O)N1CC(CNC(=O)CCC(=O)ON2C(=O)CCC2=O)CC1=O.CC[C@H](C(N)=O)N1CC(CNC(=O)CCC(=O)ON2C(=O)CCC2=O)CC1=O.CN.O=C1CCC(=O)N1O. The molecule has 0 aromatic carbocycles. The molecular weight excluding hydrogens is 1880 g/mol. The predicted octanol–water partition coefficient (Wildman–Crippen LogP) is 8.17. The second kappa shape index (κ2) is 77.3. The van der Waals surface area contributed by atoms with Crippen LogP contribution in [0.5, 0.6) is 0 Å². The van der Waals surface area contributed by atoms with Gasteiger partial charge in [0, 0.05) is 179 Å². The maximum absolute atomic E-state index is 12.1. The van der Waals surface area contributed by atoms with Gasteiger partial charge in [0.2, 0.25) is 76.8 Å². The fourth-order valence-corrected chi connectivity index (χ4v) is 18.2. The van der Waals surface area contributed by atoms with E-state index >= 15 is 0 Å². The number of carbonyl (C=O) groups excluding carboxylic acids is 21. The van der Waals surface area contributed by atoms with Crippen molar-refractivity contribution in [3.63, 3.8) is 0 Å². The molecule has 0 bridgehead atoms. The van der Waals surface area contributed by atoms with Crippen molar-refractivity contribution in [3.8, 4) is 0 Å². The van der Waals surface area contributed by atoms with Crippen LogP contribution in [0.3, 0.4) is 0 Å². The third-order valence-electron chi connectivity index (χ3n) is 26.6. The lowest BCUT2D eigenvalue weighted by Crippen LogP contribution is -2.45. The standard InChI is InChI=1S/2C18H36.2C17H24N4O7.C14H24N4O4.C13H21N3O5.C4H5NO3.CH5N/c2*1-2-4-6-8-10-12-14-16-18-17-15-13-11-9-7-5-3-1;2*1-2-11(17(18)27)20-9-10(7-15(20)25)8-19-12(22)3-6-16(26)28-21-13(23)4-5-14(21)24;1-3-10(14(15)22)18-8-9(6-13(18)21)7-17-12(20)5-4-11(19)16-2;1-2-9(13(14)21)16-7-8(5-11(16)18)6-15-10(17)3-4-12(19)20;6-3-1-2-4(7)5(3)8;1-2/h2*1-18H2;2*10-11H,2-9H2,1H3,(H2,18,27)(H,19,22);9-10H,3-8H2,1-2H3,(H2,15,22)(H,16,19)(H,17,20);8-9H,2-7H2,1H3,(H2,14,21)(H,15,17)(H,19,20);8H,1-2H2;2H2,1H3/t;;2*10?,11-;9?,10-;8?,9-;;/m..1111../s1. The Balaban J connectivity index is 0.000000580. The average Bonchev–Trinajstić information content (AvgIpc) is 1.75. The number of primary amides is 4. The van der Waals surface area contributed by atoms with Gasteiger partial charge in [-0.15, -0.1) is 10.1 Å². The van der Waals surface area contributed by atoms with Gasteiger partial charge in [-0.3, -0.25) is 101 Å². The summed E-state index contributed by atoms with van der Waals surface area (Å²) in [6.07, 6.45) is 56.0. The normalized spacial score (nSPS) is 20.7. The highest BCUT2D eigenvalue weighted by Crippen LogP contribution is 2.28. The van der Waals surface area contributed by atoms with Crippen LogP contribution in [-0.4, -0.2) is 266 Å². The minimum Gasteiger partial charge on any atom is -0.481 e.